The first-order valence-electron chi connectivity index (χ1n) is 8.43. The number of carbonyl (C=O) groups excluding carboxylic acids is 1. The topological polar surface area (TPSA) is 77.0 Å². The lowest BCUT2D eigenvalue weighted by Gasteiger charge is -2.29. The van der Waals surface area contributed by atoms with Crippen LogP contribution in [0, 0.1) is 5.82 Å². The second kappa shape index (κ2) is 6.97. The van der Waals surface area contributed by atoms with Crippen molar-refractivity contribution in [2.45, 2.75) is 18.9 Å². The zero-order valence-electron chi connectivity index (χ0n) is 14.0. The van der Waals surface area contributed by atoms with Gasteiger partial charge in [-0.15, -0.1) is 16.4 Å². The predicted octanol–water partition coefficient (Wildman–Crippen LogP) is 2.70. The molecule has 1 aromatic carbocycles. The normalized spacial score (nSPS) is 15.4. The third-order valence-corrected chi connectivity index (χ3v) is 5.29. The van der Waals surface area contributed by atoms with E-state index in [0.29, 0.717) is 24.6 Å². The van der Waals surface area contributed by atoms with Gasteiger partial charge in [0.05, 0.1) is 10.6 Å². The second-order valence-corrected chi connectivity index (χ2v) is 7.21. The molecular formula is C18H18FN5OS. The number of amides is 1. The highest BCUT2D eigenvalue weighted by Crippen LogP contribution is 2.26. The molecule has 0 aliphatic carbocycles. The third-order valence-electron chi connectivity index (χ3n) is 4.42. The Kier molecular flexibility index (Phi) is 4.52. The Hall–Kier alpha value is -2.58. The molecule has 8 heteroatoms. The van der Waals surface area contributed by atoms with Crippen molar-refractivity contribution in [2.24, 2.45) is 5.73 Å². The summed E-state index contributed by atoms with van der Waals surface area (Å²) in [7, 11) is 0. The minimum atomic E-state index is -0.368. The van der Waals surface area contributed by atoms with Crippen LogP contribution in [0.15, 0.2) is 41.8 Å². The highest BCUT2D eigenvalue weighted by atomic mass is 32.1. The molecule has 6 nitrogen and oxygen atoms in total. The van der Waals surface area contributed by atoms with Crippen molar-refractivity contribution in [3.8, 4) is 16.4 Å². The number of hydrogen-bond acceptors (Lipinski definition) is 5. The summed E-state index contributed by atoms with van der Waals surface area (Å²) < 4.78 is 15.2. The van der Waals surface area contributed by atoms with Crippen molar-refractivity contribution in [3.05, 3.63) is 53.4 Å². The summed E-state index contributed by atoms with van der Waals surface area (Å²) in [6.45, 7) is 1.20. The Bertz CT molecular complexity index is 916. The van der Waals surface area contributed by atoms with E-state index in [9.17, 15) is 9.18 Å². The maximum absolute atomic E-state index is 13.7. The standard InChI is InChI=1S/C18H18FN5OS/c19-12-3-1-4-14(11-12)24-17(15-5-2-10-26-15)21-16(22-24)18(25)23-8-6-13(20)7-9-23/h1-5,10-11,13H,6-9,20H2. The van der Waals surface area contributed by atoms with Gasteiger partial charge < -0.3 is 10.6 Å². The van der Waals surface area contributed by atoms with E-state index in [1.165, 1.54) is 28.2 Å². The maximum Gasteiger partial charge on any atom is 0.293 e. The molecular weight excluding hydrogens is 353 g/mol. The molecule has 2 aromatic heterocycles. The van der Waals surface area contributed by atoms with Gasteiger partial charge in [0.2, 0.25) is 5.82 Å². The Morgan fingerprint density at radius 1 is 1.23 bits per heavy atom. The zero-order valence-corrected chi connectivity index (χ0v) is 14.8. The number of carbonyl (C=O) groups is 1. The van der Waals surface area contributed by atoms with Gasteiger partial charge in [-0.1, -0.05) is 12.1 Å². The fraction of sp³-hybridized carbons (Fsp3) is 0.278. The SMILES string of the molecule is NC1CCN(C(=O)c2nc(-c3cccs3)n(-c3cccc(F)c3)n2)CC1. The molecule has 26 heavy (non-hydrogen) atoms. The second-order valence-electron chi connectivity index (χ2n) is 6.26. The number of likely N-dealkylation sites (tertiary alicyclic amines) is 1. The summed E-state index contributed by atoms with van der Waals surface area (Å²) in [6, 6.07) is 10.0. The average Bonchev–Trinajstić information content (AvgIpc) is 3.31. The Morgan fingerprint density at radius 3 is 2.73 bits per heavy atom. The quantitative estimate of drug-likeness (QED) is 0.768. The number of thiophene rings is 1. The molecule has 0 unspecified atom stereocenters. The van der Waals surface area contributed by atoms with E-state index in [1.807, 2.05) is 17.5 Å². The minimum absolute atomic E-state index is 0.119. The highest BCUT2D eigenvalue weighted by molar-refractivity contribution is 7.13. The van der Waals surface area contributed by atoms with E-state index in [0.717, 1.165) is 17.7 Å². The monoisotopic (exact) mass is 371 g/mol. The molecule has 2 N–H and O–H groups in total. The highest BCUT2D eigenvalue weighted by Gasteiger charge is 2.26. The molecule has 4 rings (SSSR count). The van der Waals surface area contributed by atoms with Gasteiger partial charge in [0.15, 0.2) is 5.82 Å². The van der Waals surface area contributed by atoms with Gasteiger partial charge in [0.25, 0.3) is 5.91 Å². The lowest BCUT2D eigenvalue weighted by molar-refractivity contribution is 0.0702. The molecule has 0 spiro atoms. The van der Waals surface area contributed by atoms with Gasteiger partial charge >= 0.3 is 0 Å². The summed E-state index contributed by atoms with van der Waals surface area (Å²) in [4.78, 5) is 19.9. The Balaban J connectivity index is 1.73. The molecule has 1 aliphatic heterocycles. The summed E-state index contributed by atoms with van der Waals surface area (Å²) in [5.74, 6) is 0.0636. The van der Waals surface area contributed by atoms with Gasteiger partial charge in [-0.05, 0) is 42.5 Å². The van der Waals surface area contributed by atoms with Crippen molar-refractivity contribution < 1.29 is 9.18 Å². The first-order valence-corrected chi connectivity index (χ1v) is 9.31. The molecule has 1 aliphatic rings. The van der Waals surface area contributed by atoms with Gasteiger partial charge in [0.1, 0.15) is 5.82 Å². The average molecular weight is 371 g/mol. The van der Waals surface area contributed by atoms with Crippen LogP contribution in [-0.2, 0) is 0 Å². The molecule has 1 amide bonds. The van der Waals surface area contributed by atoms with Crippen LogP contribution in [0.3, 0.4) is 0 Å². The number of piperidine rings is 1. The van der Waals surface area contributed by atoms with Gasteiger partial charge in [0, 0.05) is 19.1 Å². The van der Waals surface area contributed by atoms with Crippen molar-refractivity contribution in [2.75, 3.05) is 13.1 Å². The summed E-state index contributed by atoms with van der Waals surface area (Å²) >= 11 is 1.49. The molecule has 0 saturated carbocycles. The smallest absolute Gasteiger partial charge is 0.293 e. The molecule has 0 bridgehead atoms. The summed E-state index contributed by atoms with van der Waals surface area (Å²) in [5, 5.41) is 6.32. The number of nitrogens with zero attached hydrogens (tertiary/aromatic N) is 4. The van der Waals surface area contributed by atoms with E-state index >= 15 is 0 Å². The van der Waals surface area contributed by atoms with E-state index in [1.54, 1.807) is 17.0 Å². The van der Waals surface area contributed by atoms with E-state index in [-0.39, 0.29) is 23.6 Å². The lowest BCUT2D eigenvalue weighted by atomic mass is 10.1. The Labute approximate surface area is 154 Å². The number of halogens is 1. The van der Waals surface area contributed by atoms with Crippen molar-refractivity contribution in [1.29, 1.82) is 0 Å². The van der Waals surface area contributed by atoms with Crippen molar-refractivity contribution >= 4 is 17.2 Å². The summed E-state index contributed by atoms with van der Waals surface area (Å²) in [6.07, 6.45) is 1.54. The molecule has 1 saturated heterocycles. The molecule has 3 heterocycles. The first kappa shape index (κ1) is 16.9. The van der Waals surface area contributed by atoms with Gasteiger partial charge in [-0.25, -0.2) is 14.1 Å². The van der Waals surface area contributed by atoms with E-state index in [2.05, 4.69) is 10.1 Å². The maximum atomic E-state index is 13.7. The van der Waals surface area contributed by atoms with Crippen LogP contribution in [0.5, 0.6) is 0 Å². The van der Waals surface area contributed by atoms with Crippen LogP contribution >= 0.6 is 11.3 Å². The molecule has 3 aromatic rings. The first-order chi connectivity index (χ1) is 12.6. The van der Waals surface area contributed by atoms with E-state index < -0.39 is 0 Å². The molecule has 0 atom stereocenters. The minimum Gasteiger partial charge on any atom is -0.336 e. The molecule has 0 radical (unpaired) electrons. The molecule has 134 valence electrons. The number of benzene rings is 1. The van der Waals surface area contributed by atoms with Crippen LogP contribution in [0.4, 0.5) is 4.39 Å². The summed E-state index contributed by atoms with van der Waals surface area (Å²) in [5.41, 5.74) is 6.44. The van der Waals surface area contributed by atoms with Crippen LogP contribution < -0.4 is 5.73 Å². The van der Waals surface area contributed by atoms with Crippen LogP contribution in [0.1, 0.15) is 23.5 Å². The lowest BCUT2D eigenvalue weighted by Crippen LogP contribution is -2.43. The fourth-order valence-electron chi connectivity index (χ4n) is 3.00. The number of nitrogens with two attached hydrogens (primary N) is 1. The number of hydrogen-bond donors (Lipinski definition) is 1. The van der Waals surface area contributed by atoms with E-state index in [4.69, 9.17) is 5.73 Å². The Morgan fingerprint density at radius 2 is 2.04 bits per heavy atom. The van der Waals surface area contributed by atoms with Crippen LogP contribution in [0.25, 0.3) is 16.4 Å². The fourth-order valence-corrected chi connectivity index (χ4v) is 3.70. The number of rotatable bonds is 3. The molecule has 1 fully saturated rings. The van der Waals surface area contributed by atoms with Gasteiger partial charge in [-0.3, -0.25) is 4.79 Å². The predicted molar refractivity (Wildman–Crippen MR) is 97.7 cm³/mol. The number of aromatic nitrogens is 3. The van der Waals surface area contributed by atoms with Crippen LogP contribution in [0.2, 0.25) is 0 Å². The van der Waals surface area contributed by atoms with Crippen molar-refractivity contribution in [3.63, 3.8) is 0 Å². The zero-order chi connectivity index (χ0) is 18.1. The third kappa shape index (κ3) is 3.25. The van der Waals surface area contributed by atoms with Crippen molar-refractivity contribution in [1.82, 2.24) is 19.7 Å². The largest absolute Gasteiger partial charge is 0.336 e. The van der Waals surface area contributed by atoms with Crippen LogP contribution in [-0.4, -0.2) is 44.7 Å². The van der Waals surface area contributed by atoms with Gasteiger partial charge in [-0.2, -0.15) is 0 Å².